The van der Waals surface area contributed by atoms with Gasteiger partial charge < -0.3 is 20.4 Å². The molecule has 116 valence electrons. The number of methoxy groups -OCH3 is 1. The highest BCUT2D eigenvalue weighted by atomic mass is 16.5. The van der Waals surface area contributed by atoms with Crippen LogP contribution in [-0.4, -0.2) is 31.6 Å². The monoisotopic (exact) mass is 307 g/mol. The second-order valence-electron chi connectivity index (χ2n) is 5.03. The minimum atomic E-state index is -0.139. The Morgan fingerprint density at radius 3 is 3.00 bits per heavy atom. The van der Waals surface area contributed by atoms with Crippen LogP contribution in [0.2, 0.25) is 0 Å². The van der Waals surface area contributed by atoms with Crippen molar-refractivity contribution in [1.29, 1.82) is 0 Å². The van der Waals surface area contributed by atoms with Gasteiger partial charge in [0.2, 0.25) is 0 Å². The maximum atomic E-state index is 12.3. The lowest BCUT2D eigenvalue weighted by Gasteiger charge is -2.03. The van der Waals surface area contributed by atoms with Crippen molar-refractivity contribution in [3.63, 3.8) is 0 Å². The first-order valence-electron chi connectivity index (χ1n) is 7.26. The summed E-state index contributed by atoms with van der Waals surface area (Å²) in [7, 11) is 3.44. The number of fused-ring (bicyclic) bond motifs is 1. The number of carbonyl (C=O) groups excluding carboxylic acids is 1. The molecule has 23 heavy (non-hydrogen) atoms. The topological polar surface area (TPSA) is 66.1 Å². The first-order chi connectivity index (χ1) is 11.2. The maximum Gasteiger partial charge on any atom is 0.256 e. The van der Waals surface area contributed by atoms with E-state index in [4.69, 9.17) is 4.74 Å². The summed E-state index contributed by atoms with van der Waals surface area (Å²) in [5.74, 6) is 6.71. The van der Waals surface area contributed by atoms with Crippen LogP contribution >= 0.6 is 0 Å². The third-order valence-electron chi connectivity index (χ3n) is 3.56. The lowest BCUT2D eigenvalue weighted by Crippen LogP contribution is -2.04. The van der Waals surface area contributed by atoms with E-state index in [0.29, 0.717) is 17.9 Å². The highest BCUT2D eigenvalue weighted by Crippen LogP contribution is 2.36. The van der Waals surface area contributed by atoms with Gasteiger partial charge in [-0.3, -0.25) is 4.79 Å². The third kappa shape index (κ3) is 2.85. The smallest absolute Gasteiger partial charge is 0.256 e. The fourth-order valence-corrected chi connectivity index (χ4v) is 2.52. The molecule has 0 saturated heterocycles. The molecule has 0 aliphatic carbocycles. The number of H-pyrrole nitrogens is 1. The average molecular weight is 307 g/mol. The van der Waals surface area contributed by atoms with E-state index in [1.54, 1.807) is 19.4 Å². The first-order valence-corrected chi connectivity index (χ1v) is 7.26. The lowest BCUT2D eigenvalue weighted by molar-refractivity contribution is -0.110. The van der Waals surface area contributed by atoms with Crippen molar-refractivity contribution in [1.82, 2.24) is 10.3 Å². The third-order valence-corrected chi connectivity index (χ3v) is 3.56. The van der Waals surface area contributed by atoms with Gasteiger partial charge in [-0.2, -0.15) is 0 Å². The highest BCUT2D eigenvalue weighted by Gasteiger charge is 2.26. The Morgan fingerprint density at radius 2 is 2.22 bits per heavy atom. The number of hydrogen-bond donors (Lipinski definition) is 3. The van der Waals surface area contributed by atoms with Gasteiger partial charge in [0, 0.05) is 17.3 Å². The number of amides is 1. The summed E-state index contributed by atoms with van der Waals surface area (Å²) in [6.45, 7) is 0.592. The number of hydrogen-bond acceptors (Lipinski definition) is 3. The van der Waals surface area contributed by atoms with Crippen LogP contribution in [0.5, 0.6) is 5.75 Å². The molecular weight excluding hydrogens is 290 g/mol. The van der Waals surface area contributed by atoms with Gasteiger partial charge in [0.15, 0.2) is 0 Å². The summed E-state index contributed by atoms with van der Waals surface area (Å²) in [6.07, 6.45) is 3.57. The molecule has 0 bridgehead atoms. The molecule has 1 amide bonds. The molecule has 0 radical (unpaired) electrons. The van der Waals surface area contributed by atoms with Crippen LogP contribution in [0.25, 0.3) is 11.6 Å². The number of rotatable bonds is 3. The summed E-state index contributed by atoms with van der Waals surface area (Å²) >= 11 is 0. The molecule has 2 heterocycles. The zero-order chi connectivity index (χ0) is 16.2. The molecule has 0 spiro atoms. The van der Waals surface area contributed by atoms with Crippen LogP contribution in [0.15, 0.2) is 30.5 Å². The summed E-state index contributed by atoms with van der Waals surface area (Å²) < 4.78 is 5.28. The predicted octanol–water partition coefficient (Wildman–Crippen LogP) is 2.09. The Balaban J connectivity index is 2.10. The van der Waals surface area contributed by atoms with Crippen molar-refractivity contribution in [2.75, 3.05) is 26.0 Å². The molecule has 0 saturated carbocycles. The van der Waals surface area contributed by atoms with Gasteiger partial charge >= 0.3 is 0 Å². The maximum absolute atomic E-state index is 12.3. The highest BCUT2D eigenvalue weighted by molar-refractivity contribution is 6.35. The zero-order valence-corrected chi connectivity index (χ0v) is 13.0. The molecule has 0 fully saturated rings. The van der Waals surface area contributed by atoms with Gasteiger partial charge in [-0.25, -0.2) is 0 Å². The molecule has 1 aliphatic rings. The molecule has 1 aromatic carbocycles. The van der Waals surface area contributed by atoms with Crippen molar-refractivity contribution in [2.45, 2.75) is 0 Å². The van der Waals surface area contributed by atoms with E-state index in [9.17, 15) is 4.79 Å². The van der Waals surface area contributed by atoms with E-state index >= 15 is 0 Å². The molecule has 1 aromatic heterocycles. The Labute approximate surface area is 134 Å². The number of anilines is 1. The Bertz CT molecular complexity index is 837. The van der Waals surface area contributed by atoms with Gasteiger partial charge in [0.1, 0.15) is 5.75 Å². The number of nitrogens with one attached hydrogen (secondary N) is 3. The normalized spacial score (nSPS) is 14.2. The van der Waals surface area contributed by atoms with Crippen molar-refractivity contribution in [2.24, 2.45) is 0 Å². The van der Waals surface area contributed by atoms with Crippen LogP contribution < -0.4 is 15.4 Å². The number of aromatic amines is 1. The van der Waals surface area contributed by atoms with Gasteiger partial charge in [0.05, 0.1) is 30.6 Å². The van der Waals surface area contributed by atoms with Crippen LogP contribution in [0.4, 0.5) is 5.69 Å². The SMILES string of the molecule is CNCC#Cc1cccc2c1/C(=C/c1[nH]ccc1OC)C(=O)N2. The van der Waals surface area contributed by atoms with E-state index in [1.165, 1.54) is 0 Å². The largest absolute Gasteiger partial charge is 0.495 e. The van der Waals surface area contributed by atoms with Gasteiger partial charge in [0.25, 0.3) is 5.91 Å². The fourth-order valence-electron chi connectivity index (χ4n) is 2.52. The Morgan fingerprint density at radius 1 is 1.35 bits per heavy atom. The number of carbonyl (C=O) groups is 1. The second-order valence-corrected chi connectivity index (χ2v) is 5.03. The molecule has 3 rings (SSSR count). The minimum Gasteiger partial charge on any atom is -0.495 e. The fraction of sp³-hybridized carbons (Fsp3) is 0.167. The van der Waals surface area contributed by atoms with Crippen molar-refractivity contribution < 1.29 is 9.53 Å². The zero-order valence-electron chi connectivity index (χ0n) is 13.0. The molecule has 0 unspecified atom stereocenters. The molecule has 5 nitrogen and oxygen atoms in total. The number of benzene rings is 1. The van der Waals surface area contributed by atoms with Crippen molar-refractivity contribution in [3.05, 3.63) is 47.3 Å². The van der Waals surface area contributed by atoms with E-state index in [1.807, 2.05) is 31.3 Å². The summed E-state index contributed by atoms with van der Waals surface area (Å²) in [5, 5.41) is 5.87. The molecule has 1 aliphatic heterocycles. The minimum absolute atomic E-state index is 0.139. The van der Waals surface area contributed by atoms with E-state index in [-0.39, 0.29) is 5.91 Å². The quantitative estimate of drug-likeness (QED) is 0.601. The lowest BCUT2D eigenvalue weighted by atomic mass is 9.99. The van der Waals surface area contributed by atoms with Gasteiger partial charge in [-0.05, 0) is 31.3 Å². The second kappa shape index (κ2) is 6.42. The van der Waals surface area contributed by atoms with Crippen molar-refractivity contribution >= 4 is 23.2 Å². The summed E-state index contributed by atoms with van der Waals surface area (Å²) in [6, 6.07) is 7.50. The van der Waals surface area contributed by atoms with Crippen LogP contribution in [0, 0.1) is 11.8 Å². The van der Waals surface area contributed by atoms with Gasteiger partial charge in [-0.1, -0.05) is 17.9 Å². The van der Waals surface area contributed by atoms with Crippen LogP contribution in [0.3, 0.4) is 0 Å². The van der Waals surface area contributed by atoms with Crippen LogP contribution in [0.1, 0.15) is 16.8 Å². The molecule has 5 heteroatoms. The van der Waals surface area contributed by atoms with E-state index < -0.39 is 0 Å². The Hall–Kier alpha value is -2.97. The van der Waals surface area contributed by atoms with Gasteiger partial charge in [-0.15, -0.1) is 0 Å². The standard InChI is InChI=1S/C18H17N3O2/c1-19-9-4-6-12-5-3-7-14-17(12)13(18(22)21-14)11-15-16(23-2)8-10-20-15/h3,5,7-8,10-11,19-20H,9H2,1-2H3,(H,21,22)/b13-11-. The number of aromatic nitrogens is 1. The molecule has 0 atom stereocenters. The summed E-state index contributed by atoms with van der Waals surface area (Å²) in [4.78, 5) is 15.4. The van der Waals surface area contributed by atoms with Crippen LogP contribution in [-0.2, 0) is 4.79 Å². The first kappa shape index (κ1) is 14.9. The molecule has 2 aromatic rings. The van der Waals surface area contributed by atoms with Crippen molar-refractivity contribution in [3.8, 4) is 17.6 Å². The summed E-state index contributed by atoms with van der Waals surface area (Å²) in [5.41, 5.74) is 3.77. The number of ether oxygens (including phenoxy) is 1. The molecule has 3 N–H and O–H groups in total. The van der Waals surface area contributed by atoms with E-state index in [0.717, 1.165) is 22.5 Å². The average Bonchev–Trinajstić information content (AvgIpc) is 3.13. The predicted molar refractivity (Wildman–Crippen MR) is 91.1 cm³/mol. The molecular formula is C18H17N3O2. The Kier molecular flexibility index (Phi) is 4.18. The van der Waals surface area contributed by atoms with E-state index in [2.05, 4.69) is 27.5 Å².